The number of hydrogen-bond acceptors (Lipinski definition) is 2. The highest BCUT2D eigenvalue weighted by atomic mass is 16.3. The highest BCUT2D eigenvalue weighted by Gasteiger charge is 2.35. The molecule has 0 saturated heterocycles. The van der Waals surface area contributed by atoms with Gasteiger partial charge < -0.3 is 10.2 Å². The topological polar surface area (TPSA) is 40.5 Å². The molecule has 6 atom stereocenters. The van der Waals surface area contributed by atoms with Crippen molar-refractivity contribution in [3.63, 3.8) is 0 Å². The second-order valence-electron chi connectivity index (χ2n) is 13.4. The zero-order valence-corrected chi connectivity index (χ0v) is 26.0. The van der Waals surface area contributed by atoms with Gasteiger partial charge in [0.15, 0.2) is 0 Å². The van der Waals surface area contributed by atoms with Gasteiger partial charge >= 0.3 is 0 Å². The van der Waals surface area contributed by atoms with Gasteiger partial charge in [-0.05, 0) is 95.6 Å². The summed E-state index contributed by atoms with van der Waals surface area (Å²) in [6, 6.07) is 34.2. The van der Waals surface area contributed by atoms with Gasteiger partial charge in [0, 0.05) is 17.5 Å². The van der Waals surface area contributed by atoms with E-state index in [4.69, 9.17) is 0 Å². The van der Waals surface area contributed by atoms with E-state index in [-0.39, 0.29) is 0 Å². The van der Waals surface area contributed by atoms with Gasteiger partial charge in [-0.25, -0.2) is 0 Å². The van der Waals surface area contributed by atoms with E-state index in [9.17, 15) is 10.2 Å². The van der Waals surface area contributed by atoms with E-state index in [0.29, 0.717) is 53.4 Å². The summed E-state index contributed by atoms with van der Waals surface area (Å²) < 4.78 is 0. The van der Waals surface area contributed by atoms with E-state index in [1.807, 2.05) is 24.3 Å². The van der Waals surface area contributed by atoms with E-state index in [1.54, 1.807) is 0 Å². The van der Waals surface area contributed by atoms with Crippen LogP contribution in [-0.2, 0) is 6.42 Å². The van der Waals surface area contributed by atoms with E-state index >= 15 is 0 Å². The van der Waals surface area contributed by atoms with Crippen molar-refractivity contribution in [3.8, 4) is 11.5 Å². The third kappa shape index (κ3) is 6.26. The number of phenols is 2. The first kappa shape index (κ1) is 29.5. The van der Waals surface area contributed by atoms with Crippen LogP contribution in [0, 0.1) is 11.8 Å². The van der Waals surface area contributed by atoms with Gasteiger partial charge in [-0.15, -0.1) is 0 Å². The van der Waals surface area contributed by atoms with Crippen molar-refractivity contribution < 1.29 is 10.2 Å². The zero-order chi connectivity index (χ0) is 29.8. The van der Waals surface area contributed by atoms with Crippen molar-refractivity contribution in [2.45, 2.75) is 95.3 Å². The maximum absolute atomic E-state index is 11.4. The molecule has 2 nitrogen and oxygen atoms in total. The number of benzene rings is 4. The molecule has 0 spiro atoms. The normalized spacial score (nSPS) is 23.9. The molecule has 224 valence electrons. The Kier molecular flexibility index (Phi) is 9.22. The number of aromatic hydroxyl groups is 2. The van der Waals surface area contributed by atoms with Crippen LogP contribution in [0.15, 0.2) is 97.1 Å². The Labute approximate surface area is 258 Å². The minimum absolute atomic E-state index is 0.362. The molecule has 2 aliphatic rings. The van der Waals surface area contributed by atoms with Crippen LogP contribution in [-0.4, -0.2) is 10.2 Å². The van der Waals surface area contributed by atoms with Crippen LogP contribution < -0.4 is 0 Å². The first-order chi connectivity index (χ1) is 21.0. The minimum atomic E-state index is 0.362. The average Bonchev–Trinajstić information content (AvgIpc) is 3.06. The van der Waals surface area contributed by atoms with E-state index < -0.39 is 0 Å². The summed E-state index contributed by atoms with van der Waals surface area (Å²) in [5.41, 5.74) is 7.37. The predicted molar refractivity (Wildman–Crippen MR) is 178 cm³/mol. The van der Waals surface area contributed by atoms with Crippen LogP contribution in [0.3, 0.4) is 0 Å². The van der Waals surface area contributed by atoms with Crippen molar-refractivity contribution in [2.24, 2.45) is 11.8 Å². The number of hydrogen-bond donors (Lipinski definition) is 2. The smallest absolute Gasteiger partial charge is 0.119 e. The summed E-state index contributed by atoms with van der Waals surface area (Å²) in [6.07, 6.45) is 10.2. The van der Waals surface area contributed by atoms with Gasteiger partial charge in [0.1, 0.15) is 11.5 Å². The Morgan fingerprint density at radius 3 is 1.33 bits per heavy atom. The molecule has 2 aliphatic carbocycles. The molecule has 0 amide bonds. The van der Waals surface area contributed by atoms with Gasteiger partial charge in [0.05, 0.1) is 0 Å². The Balaban J connectivity index is 1.36. The molecular formula is C41H48O2. The molecule has 2 saturated carbocycles. The maximum Gasteiger partial charge on any atom is 0.119 e. The largest absolute Gasteiger partial charge is 0.508 e. The van der Waals surface area contributed by atoms with Gasteiger partial charge in [-0.3, -0.25) is 0 Å². The van der Waals surface area contributed by atoms with Crippen LogP contribution in [0.25, 0.3) is 0 Å². The molecule has 6 unspecified atom stereocenters. The lowest BCUT2D eigenvalue weighted by atomic mass is 9.66. The average molecular weight is 573 g/mol. The third-order valence-corrected chi connectivity index (χ3v) is 11.1. The Hall–Kier alpha value is -3.52. The Bertz CT molecular complexity index is 1360. The molecule has 0 radical (unpaired) electrons. The summed E-state index contributed by atoms with van der Waals surface area (Å²) in [5, 5.41) is 22.8. The lowest BCUT2D eigenvalue weighted by Crippen LogP contribution is -2.25. The second-order valence-corrected chi connectivity index (χ2v) is 13.4. The molecule has 0 heterocycles. The number of rotatable bonds is 8. The summed E-state index contributed by atoms with van der Waals surface area (Å²) in [4.78, 5) is 0. The fraction of sp³-hybridized carbons (Fsp3) is 0.415. The first-order valence-electron chi connectivity index (χ1n) is 16.7. The third-order valence-electron chi connectivity index (χ3n) is 11.1. The van der Waals surface area contributed by atoms with E-state index in [2.05, 4.69) is 86.6 Å². The van der Waals surface area contributed by atoms with Gasteiger partial charge in [-0.2, -0.15) is 0 Å². The molecule has 2 fully saturated rings. The van der Waals surface area contributed by atoms with Crippen LogP contribution >= 0.6 is 0 Å². The summed E-state index contributed by atoms with van der Waals surface area (Å²) >= 11 is 0. The maximum atomic E-state index is 11.4. The molecule has 6 rings (SSSR count). The lowest BCUT2D eigenvalue weighted by molar-refractivity contribution is 0.267. The van der Waals surface area contributed by atoms with Crippen LogP contribution in [0.1, 0.15) is 122 Å². The summed E-state index contributed by atoms with van der Waals surface area (Å²) in [6.45, 7) is 4.78. The highest BCUT2D eigenvalue weighted by molar-refractivity contribution is 5.51. The van der Waals surface area contributed by atoms with Crippen molar-refractivity contribution in [3.05, 3.63) is 130 Å². The molecular weight excluding hydrogens is 524 g/mol. The predicted octanol–water partition coefficient (Wildman–Crippen LogP) is 10.8. The second kappa shape index (κ2) is 13.4. The SMILES string of the molecule is CC(c1ccccc1)C1CCCCC1c1cccc(O)c1Cc1c(O)cccc1C1CCCCC1C(C)c1ccccc1. The molecule has 2 heteroatoms. The quantitative estimate of drug-likeness (QED) is 0.220. The fourth-order valence-corrected chi connectivity index (χ4v) is 8.74. The Morgan fingerprint density at radius 1 is 0.512 bits per heavy atom. The minimum Gasteiger partial charge on any atom is -0.508 e. The molecule has 2 N–H and O–H groups in total. The van der Waals surface area contributed by atoms with Gasteiger partial charge in [-0.1, -0.05) is 124 Å². The lowest BCUT2D eigenvalue weighted by Gasteiger charge is -2.38. The van der Waals surface area contributed by atoms with Gasteiger partial charge in [0.2, 0.25) is 0 Å². The first-order valence-corrected chi connectivity index (χ1v) is 16.7. The summed E-state index contributed by atoms with van der Waals surface area (Å²) in [5.74, 6) is 3.45. The van der Waals surface area contributed by atoms with Crippen LogP contribution in [0.5, 0.6) is 11.5 Å². The number of phenolic OH excluding ortho intramolecular Hbond substituents is 2. The fourth-order valence-electron chi connectivity index (χ4n) is 8.74. The standard InChI is InChI=1S/C41H48O2/c1-28(30-15-5-3-6-16-30)32-19-9-11-21-34(32)36-23-13-25-40(42)38(36)27-39-37(24-14-26-41(39)43)35-22-12-10-20-33(35)29(2)31-17-7-4-8-18-31/h3-8,13-18,23-26,28-29,32-35,42-43H,9-12,19-22,27H2,1-2H3. The zero-order valence-electron chi connectivity index (χ0n) is 26.0. The molecule has 4 aromatic rings. The summed E-state index contributed by atoms with van der Waals surface area (Å²) in [7, 11) is 0. The van der Waals surface area contributed by atoms with Crippen LogP contribution in [0.2, 0.25) is 0 Å². The molecule has 0 bridgehead atoms. The van der Waals surface area contributed by atoms with Crippen molar-refractivity contribution in [1.29, 1.82) is 0 Å². The van der Waals surface area contributed by atoms with Gasteiger partial charge in [0.25, 0.3) is 0 Å². The van der Waals surface area contributed by atoms with Crippen molar-refractivity contribution in [1.82, 2.24) is 0 Å². The Morgan fingerprint density at radius 2 is 0.907 bits per heavy atom. The van der Waals surface area contributed by atoms with Crippen LogP contribution in [0.4, 0.5) is 0 Å². The molecule has 0 aliphatic heterocycles. The van der Waals surface area contributed by atoms with Crippen molar-refractivity contribution >= 4 is 0 Å². The monoisotopic (exact) mass is 572 g/mol. The van der Waals surface area contributed by atoms with E-state index in [0.717, 1.165) is 24.0 Å². The highest BCUT2D eigenvalue weighted by Crippen LogP contribution is 2.50. The molecule has 4 aromatic carbocycles. The van der Waals surface area contributed by atoms with Crippen molar-refractivity contribution in [2.75, 3.05) is 0 Å². The molecule has 0 aromatic heterocycles. The van der Waals surface area contributed by atoms with E-state index in [1.165, 1.54) is 60.8 Å². The molecule has 43 heavy (non-hydrogen) atoms.